The van der Waals surface area contributed by atoms with E-state index in [0.29, 0.717) is 18.5 Å². The van der Waals surface area contributed by atoms with Crippen LogP contribution in [0.4, 0.5) is 0 Å². The van der Waals surface area contributed by atoms with Crippen LogP contribution in [0.15, 0.2) is 16.9 Å². The molecule has 0 saturated heterocycles. The fourth-order valence-corrected chi connectivity index (χ4v) is 3.65. The first-order valence-corrected chi connectivity index (χ1v) is 9.02. The Hall–Kier alpha value is -1.65. The first kappa shape index (κ1) is 16.2. The fourth-order valence-electron chi connectivity index (χ4n) is 3.65. The monoisotopic (exact) mass is 317 g/mol. The van der Waals surface area contributed by atoms with Crippen LogP contribution < -0.4 is 5.56 Å². The molecule has 1 unspecified atom stereocenters. The van der Waals surface area contributed by atoms with E-state index in [4.69, 9.17) is 0 Å². The van der Waals surface area contributed by atoms with E-state index in [2.05, 4.69) is 5.10 Å². The van der Waals surface area contributed by atoms with Crippen LogP contribution in [0.2, 0.25) is 0 Å². The van der Waals surface area contributed by atoms with Crippen molar-refractivity contribution in [2.45, 2.75) is 76.8 Å². The molecular formula is C18H27N3O2. The molecule has 0 bridgehead atoms. The van der Waals surface area contributed by atoms with Crippen molar-refractivity contribution in [3.63, 3.8) is 0 Å². The van der Waals surface area contributed by atoms with Crippen LogP contribution in [-0.4, -0.2) is 33.2 Å². The Labute approximate surface area is 137 Å². The molecule has 2 aliphatic rings. The highest BCUT2D eigenvalue weighted by atomic mass is 16.2. The quantitative estimate of drug-likeness (QED) is 0.839. The van der Waals surface area contributed by atoms with Gasteiger partial charge in [-0.05, 0) is 45.6 Å². The van der Waals surface area contributed by atoms with Crippen LogP contribution in [0.1, 0.15) is 76.4 Å². The van der Waals surface area contributed by atoms with E-state index in [1.807, 2.05) is 17.9 Å². The first-order valence-electron chi connectivity index (χ1n) is 9.02. The lowest BCUT2D eigenvalue weighted by Gasteiger charge is -2.35. The minimum Gasteiger partial charge on any atom is -0.338 e. The van der Waals surface area contributed by atoms with E-state index in [1.165, 1.54) is 23.9 Å². The largest absolute Gasteiger partial charge is 0.338 e. The minimum absolute atomic E-state index is 0.0296. The summed E-state index contributed by atoms with van der Waals surface area (Å²) >= 11 is 0. The molecule has 1 aromatic heterocycles. The summed E-state index contributed by atoms with van der Waals surface area (Å²) < 4.78 is 1.39. The minimum atomic E-state index is -0.525. The van der Waals surface area contributed by atoms with Gasteiger partial charge < -0.3 is 4.90 Å². The van der Waals surface area contributed by atoms with Crippen LogP contribution >= 0.6 is 0 Å². The Morgan fingerprint density at radius 1 is 1.26 bits per heavy atom. The number of amides is 1. The van der Waals surface area contributed by atoms with Crippen LogP contribution in [0.25, 0.3) is 0 Å². The summed E-state index contributed by atoms with van der Waals surface area (Å²) in [6.07, 6.45) is 8.08. The number of carbonyl (C=O) groups excluding carboxylic acids is 1. The standard InChI is InChI=1S/C18H27N3O2/c1-3-20(15-7-5-4-6-8-15)18(23)13(2)21-17(22)12-11-16(19-21)14-9-10-14/h11-15H,3-10H2,1-2H3. The molecule has 1 heterocycles. The Morgan fingerprint density at radius 3 is 2.57 bits per heavy atom. The summed E-state index contributed by atoms with van der Waals surface area (Å²) in [5, 5.41) is 4.47. The molecule has 0 spiro atoms. The highest BCUT2D eigenvalue weighted by molar-refractivity contribution is 5.80. The number of hydrogen-bond donors (Lipinski definition) is 0. The molecule has 2 aliphatic carbocycles. The van der Waals surface area contributed by atoms with E-state index in [0.717, 1.165) is 31.4 Å². The van der Waals surface area contributed by atoms with Crippen molar-refractivity contribution in [3.8, 4) is 0 Å². The predicted molar refractivity (Wildman–Crippen MR) is 89.4 cm³/mol. The average molecular weight is 317 g/mol. The Bertz CT molecular complexity index is 615. The van der Waals surface area contributed by atoms with Gasteiger partial charge in [0.25, 0.3) is 5.56 Å². The highest BCUT2D eigenvalue weighted by Gasteiger charge is 2.30. The van der Waals surface area contributed by atoms with Crippen molar-refractivity contribution in [1.82, 2.24) is 14.7 Å². The Kier molecular flexibility index (Phi) is 4.83. The van der Waals surface area contributed by atoms with Crippen molar-refractivity contribution in [2.75, 3.05) is 6.54 Å². The van der Waals surface area contributed by atoms with Gasteiger partial charge in [-0.1, -0.05) is 19.3 Å². The van der Waals surface area contributed by atoms with Crippen LogP contribution in [0, 0.1) is 0 Å². The Balaban J connectivity index is 1.80. The molecule has 126 valence electrons. The SMILES string of the molecule is CCN(C(=O)C(C)n1nc(C2CC2)ccc1=O)C1CCCCC1. The van der Waals surface area contributed by atoms with Gasteiger partial charge >= 0.3 is 0 Å². The third-order valence-corrected chi connectivity index (χ3v) is 5.20. The summed E-state index contributed by atoms with van der Waals surface area (Å²) in [6.45, 7) is 4.53. The molecule has 2 saturated carbocycles. The lowest BCUT2D eigenvalue weighted by atomic mass is 9.94. The number of aromatic nitrogens is 2. The second-order valence-electron chi connectivity index (χ2n) is 6.91. The van der Waals surface area contributed by atoms with Gasteiger partial charge in [-0.15, -0.1) is 0 Å². The highest BCUT2D eigenvalue weighted by Crippen LogP contribution is 2.38. The third-order valence-electron chi connectivity index (χ3n) is 5.20. The molecule has 1 atom stereocenters. The van der Waals surface area contributed by atoms with Gasteiger partial charge in [0.05, 0.1) is 5.69 Å². The summed E-state index contributed by atoms with van der Waals surface area (Å²) in [5.74, 6) is 0.506. The smallest absolute Gasteiger partial charge is 0.267 e. The number of likely N-dealkylation sites (N-methyl/N-ethyl adjacent to an activating group) is 1. The van der Waals surface area contributed by atoms with Gasteiger partial charge in [0.2, 0.25) is 5.91 Å². The van der Waals surface area contributed by atoms with E-state index in [9.17, 15) is 9.59 Å². The number of hydrogen-bond acceptors (Lipinski definition) is 3. The summed E-state index contributed by atoms with van der Waals surface area (Å²) in [5.41, 5.74) is 0.764. The van der Waals surface area contributed by atoms with Crippen molar-refractivity contribution in [3.05, 3.63) is 28.2 Å². The Morgan fingerprint density at radius 2 is 1.96 bits per heavy atom. The maximum atomic E-state index is 12.9. The van der Waals surface area contributed by atoms with Crippen molar-refractivity contribution in [2.24, 2.45) is 0 Å². The predicted octanol–water partition coefficient (Wildman–Crippen LogP) is 2.86. The van der Waals surface area contributed by atoms with E-state index in [-0.39, 0.29) is 11.5 Å². The van der Waals surface area contributed by atoms with Gasteiger partial charge in [0.1, 0.15) is 6.04 Å². The normalized spacial score (nSPS) is 20.3. The molecule has 2 fully saturated rings. The number of carbonyl (C=O) groups is 1. The maximum Gasteiger partial charge on any atom is 0.267 e. The van der Waals surface area contributed by atoms with Gasteiger partial charge in [-0.2, -0.15) is 5.10 Å². The molecule has 0 aromatic carbocycles. The number of nitrogens with zero attached hydrogens (tertiary/aromatic N) is 3. The van der Waals surface area contributed by atoms with Gasteiger partial charge in [0, 0.05) is 24.6 Å². The molecular weight excluding hydrogens is 290 g/mol. The van der Waals surface area contributed by atoms with E-state index < -0.39 is 6.04 Å². The van der Waals surface area contributed by atoms with Crippen molar-refractivity contribution < 1.29 is 4.79 Å². The molecule has 0 aliphatic heterocycles. The molecule has 5 nitrogen and oxygen atoms in total. The molecule has 5 heteroatoms. The second-order valence-corrected chi connectivity index (χ2v) is 6.91. The van der Waals surface area contributed by atoms with E-state index >= 15 is 0 Å². The van der Waals surface area contributed by atoms with Crippen LogP contribution in [0.3, 0.4) is 0 Å². The summed E-state index contributed by atoms with van der Waals surface area (Å²) in [7, 11) is 0. The molecule has 1 amide bonds. The summed E-state index contributed by atoms with van der Waals surface area (Å²) in [6, 6.07) is 3.17. The van der Waals surface area contributed by atoms with Gasteiger partial charge in [-0.25, -0.2) is 4.68 Å². The topological polar surface area (TPSA) is 55.2 Å². The molecule has 1 aromatic rings. The zero-order valence-corrected chi connectivity index (χ0v) is 14.2. The van der Waals surface area contributed by atoms with Gasteiger partial charge in [0.15, 0.2) is 0 Å². The van der Waals surface area contributed by atoms with Crippen LogP contribution in [-0.2, 0) is 4.79 Å². The van der Waals surface area contributed by atoms with Crippen LogP contribution in [0.5, 0.6) is 0 Å². The number of rotatable bonds is 5. The molecule has 23 heavy (non-hydrogen) atoms. The fraction of sp³-hybridized carbons (Fsp3) is 0.722. The summed E-state index contributed by atoms with van der Waals surface area (Å²) in [4.78, 5) is 27.1. The van der Waals surface area contributed by atoms with Crippen molar-refractivity contribution >= 4 is 5.91 Å². The second kappa shape index (κ2) is 6.85. The molecule has 0 N–H and O–H groups in total. The lowest BCUT2D eigenvalue weighted by Crippen LogP contribution is -2.46. The zero-order chi connectivity index (χ0) is 16.4. The van der Waals surface area contributed by atoms with Crippen molar-refractivity contribution in [1.29, 1.82) is 0 Å². The first-order chi connectivity index (χ1) is 11.1. The lowest BCUT2D eigenvalue weighted by molar-refractivity contribution is -0.137. The maximum absolute atomic E-state index is 12.9. The molecule has 3 rings (SSSR count). The average Bonchev–Trinajstić information content (AvgIpc) is 3.41. The van der Waals surface area contributed by atoms with E-state index in [1.54, 1.807) is 13.0 Å². The molecule has 0 radical (unpaired) electrons. The van der Waals surface area contributed by atoms with Gasteiger partial charge in [-0.3, -0.25) is 9.59 Å². The zero-order valence-electron chi connectivity index (χ0n) is 14.2. The third kappa shape index (κ3) is 3.48.